The van der Waals surface area contributed by atoms with Crippen molar-refractivity contribution < 1.29 is 18.8 Å². The summed E-state index contributed by atoms with van der Waals surface area (Å²) < 4.78 is 10.6. The first-order valence-corrected chi connectivity index (χ1v) is 11.6. The molecular formula is C23H30N2O4S. The fourth-order valence-electron chi connectivity index (χ4n) is 3.94. The Balaban J connectivity index is 1.60. The van der Waals surface area contributed by atoms with Crippen LogP contribution >= 0.6 is 11.8 Å². The summed E-state index contributed by atoms with van der Waals surface area (Å²) in [6.07, 6.45) is 5.62. The molecule has 3 rings (SSSR count). The van der Waals surface area contributed by atoms with E-state index in [4.69, 9.17) is 9.26 Å². The third-order valence-electron chi connectivity index (χ3n) is 5.66. The van der Waals surface area contributed by atoms with Gasteiger partial charge in [0.15, 0.2) is 6.61 Å². The molecule has 0 aliphatic heterocycles. The van der Waals surface area contributed by atoms with Gasteiger partial charge in [0.2, 0.25) is 0 Å². The number of benzene rings is 1. The van der Waals surface area contributed by atoms with Crippen LogP contribution in [0.4, 0.5) is 0 Å². The fourth-order valence-corrected chi connectivity index (χ4v) is 5.13. The molecule has 0 spiro atoms. The van der Waals surface area contributed by atoms with Crippen LogP contribution in [0.5, 0.6) is 0 Å². The van der Waals surface area contributed by atoms with Crippen molar-refractivity contribution in [2.75, 3.05) is 13.2 Å². The minimum atomic E-state index is -0.468. The number of thioether (sulfide) groups is 1. The van der Waals surface area contributed by atoms with Crippen molar-refractivity contribution in [3.63, 3.8) is 0 Å². The molecule has 162 valence electrons. The van der Waals surface area contributed by atoms with Gasteiger partial charge in [-0.15, -0.1) is 11.8 Å². The summed E-state index contributed by atoms with van der Waals surface area (Å²) in [7, 11) is 0. The van der Waals surface area contributed by atoms with E-state index in [1.165, 1.54) is 18.2 Å². The van der Waals surface area contributed by atoms with E-state index in [2.05, 4.69) is 5.16 Å². The van der Waals surface area contributed by atoms with Crippen LogP contribution in [0.25, 0.3) is 0 Å². The van der Waals surface area contributed by atoms with Gasteiger partial charge in [-0.1, -0.05) is 36.6 Å². The summed E-state index contributed by atoms with van der Waals surface area (Å²) in [5, 5.41) is 3.98. The standard InChI is InChI=1S/C23H30N2O4S/c1-4-25(18-10-6-5-7-11-18)22(26)14-28-23(27)19-12-8-9-13-21(19)30-15-20-16(2)24-29-17(20)3/h8-9,12-13,18H,4-7,10-11,14-15H2,1-3H3. The number of esters is 1. The zero-order chi connectivity index (χ0) is 21.5. The number of carbonyl (C=O) groups is 2. The molecule has 1 aliphatic carbocycles. The molecule has 1 amide bonds. The highest BCUT2D eigenvalue weighted by Crippen LogP contribution is 2.29. The Bertz CT molecular complexity index is 854. The number of likely N-dealkylation sites (N-methyl/N-ethyl adjacent to an activating group) is 1. The van der Waals surface area contributed by atoms with Crippen LogP contribution in [0.3, 0.4) is 0 Å². The Kier molecular flexibility index (Phi) is 7.96. The maximum atomic E-state index is 12.7. The summed E-state index contributed by atoms with van der Waals surface area (Å²) in [5.41, 5.74) is 2.36. The molecule has 1 heterocycles. The second kappa shape index (κ2) is 10.7. The summed E-state index contributed by atoms with van der Waals surface area (Å²) in [5.74, 6) is 0.854. The first-order valence-electron chi connectivity index (χ1n) is 10.6. The smallest absolute Gasteiger partial charge is 0.339 e. The third kappa shape index (κ3) is 5.45. The van der Waals surface area contributed by atoms with Gasteiger partial charge in [0.25, 0.3) is 5.91 Å². The molecule has 0 N–H and O–H groups in total. The molecule has 2 aromatic rings. The highest BCUT2D eigenvalue weighted by molar-refractivity contribution is 7.98. The second-order valence-corrected chi connectivity index (χ2v) is 8.65. The van der Waals surface area contributed by atoms with Crippen molar-refractivity contribution in [2.45, 2.75) is 69.6 Å². The summed E-state index contributed by atoms with van der Waals surface area (Å²) in [6, 6.07) is 7.59. The maximum absolute atomic E-state index is 12.7. The van der Waals surface area contributed by atoms with Crippen LogP contribution < -0.4 is 0 Å². The first-order chi connectivity index (χ1) is 14.5. The summed E-state index contributed by atoms with van der Waals surface area (Å²) >= 11 is 1.53. The molecule has 7 heteroatoms. The van der Waals surface area contributed by atoms with Gasteiger partial charge in [-0.3, -0.25) is 4.79 Å². The lowest BCUT2D eigenvalue weighted by molar-refractivity contribution is -0.137. The van der Waals surface area contributed by atoms with Gasteiger partial charge < -0.3 is 14.2 Å². The highest BCUT2D eigenvalue weighted by Gasteiger charge is 2.25. The number of aryl methyl sites for hydroxylation is 2. The number of carbonyl (C=O) groups excluding carboxylic acids is 2. The Hall–Kier alpha value is -2.28. The van der Waals surface area contributed by atoms with Gasteiger partial charge in [-0.25, -0.2) is 4.79 Å². The number of ether oxygens (including phenoxy) is 1. The Morgan fingerprint density at radius 1 is 1.20 bits per heavy atom. The van der Waals surface area contributed by atoms with Crippen molar-refractivity contribution in [3.05, 3.63) is 46.8 Å². The second-order valence-electron chi connectivity index (χ2n) is 7.64. The van der Waals surface area contributed by atoms with Gasteiger partial charge in [0.05, 0.1) is 11.3 Å². The van der Waals surface area contributed by atoms with Crippen LogP contribution in [-0.2, 0) is 15.3 Å². The van der Waals surface area contributed by atoms with E-state index >= 15 is 0 Å². The third-order valence-corrected chi connectivity index (χ3v) is 6.76. The molecule has 0 unspecified atom stereocenters. The number of hydrogen-bond donors (Lipinski definition) is 0. The van der Waals surface area contributed by atoms with Crippen LogP contribution in [0.15, 0.2) is 33.7 Å². The summed E-state index contributed by atoms with van der Waals surface area (Å²) in [4.78, 5) is 28.1. The van der Waals surface area contributed by atoms with Crippen molar-refractivity contribution in [1.82, 2.24) is 10.1 Å². The largest absolute Gasteiger partial charge is 0.452 e. The van der Waals surface area contributed by atoms with Crippen molar-refractivity contribution >= 4 is 23.6 Å². The maximum Gasteiger partial charge on any atom is 0.339 e. The van der Waals surface area contributed by atoms with E-state index in [0.717, 1.165) is 47.6 Å². The molecule has 1 saturated carbocycles. The molecule has 1 aliphatic rings. The van der Waals surface area contributed by atoms with Crippen LogP contribution in [0.2, 0.25) is 0 Å². The zero-order valence-corrected chi connectivity index (χ0v) is 18.8. The molecule has 1 aromatic heterocycles. The van der Waals surface area contributed by atoms with Gasteiger partial charge in [-0.05, 0) is 45.7 Å². The normalized spacial score (nSPS) is 14.5. The van der Waals surface area contributed by atoms with E-state index < -0.39 is 5.97 Å². The molecule has 1 fully saturated rings. The van der Waals surface area contributed by atoms with Crippen LogP contribution in [0, 0.1) is 13.8 Å². The van der Waals surface area contributed by atoms with Crippen molar-refractivity contribution in [1.29, 1.82) is 0 Å². The molecule has 1 aromatic carbocycles. The molecule has 0 radical (unpaired) electrons. The number of hydrogen-bond acceptors (Lipinski definition) is 6. The van der Waals surface area contributed by atoms with Gasteiger partial charge in [0.1, 0.15) is 5.76 Å². The van der Waals surface area contributed by atoms with Gasteiger partial charge in [0, 0.05) is 28.8 Å². The van der Waals surface area contributed by atoms with E-state index in [1.54, 1.807) is 12.1 Å². The quantitative estimate of drug-likeness (QED) is 0.437. The monoisotopic (exact) mass is 430 g/mol. The highest BCUT2D eigenvalue weighted by atomic mass is 32.2. The Morgan fingerprint density at radius 3 is 2.60 bits per heavy atom. The van der Waals surface area contributed by atoms with E-state index in [1.807, 2.05) is 37.8 Å². The molecule has 6 nitrogen and oxygen atoms in total. The first kappa shape index (κ1) is 22.4. The average molecular weight is 431 g/mol. The van der Waals surface area contributed by atoms with Gasteiger partial charge in [-0.2, -0.15) is 0 Å². The van der Waals surface area contributed by atoms with Crippen molar-refractivity contribution in [3.8, 4) is 0 Å². The lowest BCUT2D eigenvalue weighted by atomic mass is 9.94. The predicted molar refractivity (Wildman–Crippen MR) is 117 cm³/mol. The lowest BCUT2D eigenvalue weighted by Crippen LogP contribution is -2.43. The number of amides is 1. The van der Waals surface area contributed by atoms with Crippen LogP contribution in [-0.4, -0.2) is 41.1 Å². The molecule has 30 heavy (non-hydrogen) atoms. The van der Waals surface area contributed by atoms with Crippen molar-refractivity contribution in [2.24, 2.45) is 0 Å². The number of rotatable bonds is 8. The minimum Gasteiger partial charge on any atom is -0.452 e. The minimum absolute atomic E-state index is 0.112. The van der Waals surface area contributed by atoms with Crippen LogP contribution in [0.1, 0.15) is 66.4 Å². The SMILES string of the molecule is CCN(C(=O)COC(=O)c1ccccc1SCc1c(C)noc1C)C1CCCCC1. The molecule has 0 atom stereocenters. The van der Waals surface area contributed by atoms with E-state index in [-0.39, 0.29) is 18.6 Å². The zero-order valence-electron chi connectivity index (χ0n) is 18.0. The van der Waals surface area contributed by atoms with E-state index in [0.29, 0.717) is 17.9 Å². The predicted octanol–water partition coefficient (Wildman–Crippen LogP) is 4.92. The Labute approximate surface area is 182 Å². The molecule has 0 saturated heterocycles. The number of nitrogens with zero attached hydrogens (tertiary/aromatic N) is 2. The Morgan fingerprint density at radius 2 is 1.93 bits per heavy atom. The molecule has 0 bridgehead atoms. The van der Waals surface area contributed by atoms with Gasteiger partial charge >= 0.3 is 5.97 Å². The molecular weight excluding hydrogens is 400 g/mol. The van der Waals surface area contributed by atoms with E-state index in [9.17, 15) is 9.59 Å². The lowest BCUT2D eigenvalue weighted by Gasteiger charge is -2.33. The fraction of sp³-hybridized carbons (Fsp3) is 0.522. The topological polar surface area (TPSA) is 72.6 Å². The summed E-state index contributed by atoms with van der Waals surface area (Å²) in [6.45, 7) is 6.20. The average Bonchev–Trinajstić information content (AvgIpc) is 3.09. The number of aromatic nitrogens is 1.